The van der Waals surface area contributed by atoms with E-state index in [1.165, 1.54) is 0 Å². The normalized spacial score (nSPS) is 17.1. The molecule has 6 aromatic rings. The van der Waals surface area contributed by atoms with Gasteiger partial charge in [0.25, 0.3) is 5.91 Å². The van der Waals surface area contributed by atoms with E-state index in [9.17, 15) is 9.59 Å². The summed E-state index contributed by atoms with van der Waals surface area (Å²) in [5, 5.41) is 13.1. The van der Waals surface area contributed by atoms with Crippen LogP contribution in [0.15, 0.2) is 101 Å². The molecule has 1 saturated heterocycles. The number of aromatic nitrogens is 5. The molecular formula is C63H72N7O8S+. The Kier molecular flexibility index (Phi) is 15.0. The lowest BCUT2D eigenvalue weighted by molar-refractivity contribution is -0.766. The van der Waals surface area contributed by atoms with Gasteiger partial charge in [-0.15, -0.1) is 10.4 Å². The number of aromatic amines is 1. The number of benzene rings is 2. The van der Waals surface area contributed by atoms with Crippen LogP contribution in [0.25, 0.3) is 45.0 Å². The third-order valence-electron chi connectivity index (χ3n) is 16.1. The molecule has 0 radical (unpaired) electrons. The number of nitrogens with zero attached hydrogens (tertiary/aromatic N) is 6. The molecular weight excluding hydrogens is 1010 g/mol. The van der Waals surface area contributed by atoms with Crippen molar-refractivity contribution < 1.29 is 42.7 Å². The molecule has 1 aliphatic carbocycles. The Morgan fingerprint density at radius 1 is 1.00 bits per heavy atom. The van der Waals surface area contributed by atoms with Crippen LogP contribution in [-0.2, 0) is 34.5 Å². The third kappa shape index (κ3) is 10.1. The first kappa shape index (κ1) is 53.6. The average molecular weight is 1090 g/mol. The molecule has 79 heavy (non-hydrogen) atoms. The highest BCUT2D eigenvalue weighted by molar-refractivity contribution is 7.08. The molecule has 1 unspecified atom stereocenters. The van der Waals surface area contributed by atoms with Gasteiger partial charge in [0.05, 0.1) is 90.3 Å². The number of hydrogen-bond donors (Lipinski definition) is 1. The number of carbonyl (C=O) groups is 2. The number of unbranched alkanes of at least 4 members (excludes halogenated alkanes) is 1. The number of thiophene rings is 1. The first-order valence-corrected chi connectivity index (χ1v) is 28.6. The summed E-state index contributed by atoms with van der Waals surface area (Å²) in [6, 6.07) is 14.4. The van der Waals surface area contributed by atoms with Crippen molar-refractivity contribution >= 4 is 40.1 Å². The van der Waals surface area contributed by atoms with Gasteiger partial charge in [-0.25, -0.2) is 4.68 Å². The van der Waals surface area contributed by atoms with Gasteiger partial charge in [-0.05, 0) is 94.3 Å². The fourth-order valence-corrected chi connectivity index (χ4v) is 12.5. The Morgan fingerprint density at radius 2 is 1.78 bits per heavy atom. The summed E-state index contributed by atoms with van der Waals surface area (Å²) in [5.74, 6) is 2.59. The number of amides is 1. The maximum absolute atomic E-state index is 15.0. The van der Waals surface area contributed by atoms with Crippen molar-refractivity contribution in [3.63, 3.8) is 0 Å². The van der Waals surface area contributed by atoms with Crippen molar-refractivity contribution in [3.8, 4) is 56.6 Å². The largest absolute Gasteiger partial charge is 0.496 e. The molecule has 4 aromatic heterocycles. The lowest BCUT2D eigenvalue weighted by Crippen LogP contribution is -2.56. The highest BCUT2D eigenvalue weighted by Gasteiger charge is 2.41. The van der Waals surface area contributed by atoms with Crippen LogP contribution in [0.4, 0.5) is 5.69 Å². The number of aryl methyl sites for hydroxylation is 2. The Labute approximate surface area is 467 Å². The fourth-order valence-electron chi connectivity index (χ4n) is 11.9. The molecule has 1 fully saturated rings. The van der Waals surface area contributed by atoms with Crippen LogP contribution >= 0.6 is 11.3 Å². The number of fused-ring (bicyclic) bond motifs is 5. The fraction of sp³-hybridized carbons (Fsp3) is 0.413. The van der Waals surface area contributed by atoms with E-state index < -0.39 is 11.0 Å². The summed E-state index contributed by atoms with van der Waals surface area (Å²) < 4.78 is 43.8. The molecule has 2 aromatic carbocycles. The second kappa shape index (κ2) is 22.1. The van der Waals surface area contributed by atoms with E-state index in [1.54, 1.807) is 25.6 Å². The Balaban J connectivity index is 0.933. The molecule has 412 valence electrons. The smallest absolute Gasteiger partial charge is 0.262 e. The third-order valence-corrected chi connectivity index (χ3v) is 16.8. The predicted molar refractivity (Wildman–Crippen MR) is 308 cm³/mol. The monoisotopic (exact) mass is 1090 g/mol. The lowest BCUT2D eigenvalue weighted by atomic mass is 9.84. The van der Waals surface area contributed by atoms with Crippen LogP contribution in [-0.4, -0.2) is 102 Å². The number of methoxy groups -OCH3 is 2. The predicted octanol–water partition coefficient (Wildman–Crippen LogP) is 11.4. The number of ether oxygens (including phenoxy) is 6. The van der Waals surface area contributed by atoms with Crippen LogP contribution in [0, 0.1) is 19.3 Å². The molecule has 0 bridgehead atoms. The van der Waals surface area contributed by atoms with Crippen molar-refractivity contribution in [1.29, 1.82) is 0 Å². The summed E-state index contributed by atoms with van der Waals surface area (Å²) >= 11 is 1.63. The minimum atomic E-state index is -0.495. The first-order valence-electron chi connectivity index (χ1n) is 27.6. The second-order valence-corrected chi connectivity index (χ2v) is 23.0. The summed E-state index contributed by atoms with van der Waals surface area (Å²) in [5.41, 5.74) is 16.1. The lowest BCUT2D eigenvalue weighted by Gasteiger charge is -2.42. The number of anilines is 1. The van der Waals surface area contributed by atoms with Crippen LogP contribution in [0.2, 0.25) is 0 Å². The van der Waals surface area contributed by atoms with E-state index in [-0.39, 0.29) is 31.3 Å². The second-order valence-electron chi connectivity index (χ2n) is 22.3. The molecule has 16 heteroatoms. The van der Waals surface area contributed by atoms with Gasteiger partial charge in [0.2, 0.25) is 5.69 Å². The standard InChI is InChI=1S/C63H71N7O8S/c1-10-11-27-75-39-63(6,23-21-52(71)58-50-35-78-56-32-53(73-8)45(51-20-16-24-66(51)7)30-48(56)60(50)70(65-58)42-17-13-12-14-18-42)37-69-41(3)57(40(2)64-69)46-31-47-55(33-54(46)74-9)77-34-49-44(61(72)68-26-28-76-38-62(68,4)5)19-15-25-67(59(47)49)43-22-29-79-36-43/h13,15-18,20,22,24,29-33,36H,10-12,14,21,23,25-28,34-35,37-39H2,1-9H3/p+1. The van der Waals surface area contributed by atoms with Crippen molar-refractivity contribution in [3.05, 3.63) is 129 Å². The summed E-state index contributed by atoms with van der Waals surface area (Å²) in [4.78, 5) is 33.9. The van der Waals surface area contributed by atoms with E-state index in [0.717, 1.165) is 104 Å². The molecule has 1 atom stereocenters. The SMILES string of the molecule is CCCCOCC(C)(CCC(=O)c1nn(C2=CCCC=C2)c2c1COc1cc(OC)c(-c3cccn3C)cc1-2)C[n+]1[nH]c(C)c(-c2cc3c(cc2OC)OCC2=C3N(c3ccsc3)CC=C=C2C(=O)N2CCOCC2(C)C)c1C. The number of allylic oxidation sites excluding steroid dienone is 4. The van der Waals surface area contributed by atoms with Gasteiger partial charge in [-0.3, -0.25) is 9.59 Å². The highest BCUT2D eigenvalue weighted by Crippen LogP contribution is 2.49. The molecule has 1 N–H and O–H groups in total. The first-order chi connectivity index (χ1) is 38.2. The van der Waals surface area contributed by atoms with E-state index >= 15 is 0 Å². The maximum Gasteiger partial charge on any atom is 0.262 e. The molecule has 0 spiro atoms. The van der Waals surface area contributed by atoms with Gasteiger partial charge in [0, 0.05) is 97.2 Å². The van der Waals surface area contributed by atoms with Gasteiger partial charge in [-0.2, -0.15) is 21.5 Å². The number of hydrogen-bond acceptors (Lipinski definition) is 11. The average Bonchev–Trinajstić information content (AvgIpc) is 4.47. The molecule has 11 rings (SSSR count). The van der Waals surface area contributed by atoms with Crippen molar-refractivity contribution in [2.45, 2.75) is 98.8 Å². The number of nitrogens with one attached hydrogen (secondary N) is 1. The summed E-state index contributed by atoms with van der Waals surface area (Å²) in [6.45, 7) is 16.6. The molecule has 8 heterocycles. The van der Waals surface area contributed by atoms with Crippen LogP contribution in [0.1, 0.15) is 99.2 Å². The highest BCUT2D eigenvalue weighted by atomic mass is 32.1. The Morgan fingerprint density at radius 3 is 2.51 bits per heavy atom. The minimum absolute atomic E-state index is 0.0447. The number of morpholine rings is 1. The van der Waals surface area contributed by atoms with Crippen molar-refractivity contribution in [2.24, 2.45) is 12.5 Å². The number of ketones is 1. The molecule has 15 nitrogen and oxygen atoms in total. The zero-order valence-corrected chi connectivity index (χ0v) is 47.9. The zero-order chi connectivity index (χ0) is 55.2. The number of carbonyl (C=O) groups excluding carboxylic acids is 2. The van der Waals surface area contributed by atoms with Gasteiger partial charge in [0.1, 0.15) is 41.9 Å². The van der Waals surface area contributed by atoms with Crippen LogP contribution in [0.5, 0.6) is 23.0 Å². The van der Waals surface area contributed by atoms with Gasteiger partial charge >= 0.3 is 0 Å². The van der Waals surface area contributed by atoms with E-state index in [0.29, 0.717) is 86.7 Å². The van der Waals surface area contributed by atoms with Crippen molar-refractivity contribution in [2.75, 3.05) is 65.2 Å². The summed E-state index contributed by atoms with van der Waals surface area (Å²) in [7, 11) is 5.38. The Bertz CT molecular complexity index is 3510. The zero-order valence-electron chi connectivity index (χ0n) is 47.0. The van der Waals surface area contributed by atoms with E-state index in [1.807, 2.05) is 60.9 Å². The van der Waals surface area contributed by atoms with Crippen LogP contribution in [0.3, 0.4) is 0 Å². The number of rotatable bonds is 18. The molecule has 5 aliphatic rings. The topological polar surface area (TPSA) is 138 Å². The van der Waals surface area contributed by atoms with Gasteiger partial charge < -0.3 is 42.8 Å². The number of H-pyrrole nitrogens is 1. The van der Waals surface area contributed by atoms with Gasteiger partial charge in [-0.1, -0.05) is 32.4 Å². The quantitative estimate of drug-likeness (QED) is 0.0383. The Hall–Kier alpha value is -7.36. The molecule has 0 saturated carbocycles. The minimum Gasteiger partial charge on any atom is -0.496 e. The molecule has 1 amide bonds. The van der Waals surface area contributed by atoms with Crippen LogP contribution < -0.4 is 28.5 Å². The number of Topliss-reactive ketones (excluding diaryl/α,β-unsaturated/α-hetero) is 1. The van der Waals surface area contributed by atoms with Crippen molar-refractivity contribution in [1.82, 2.24) is 24.3 Å². The van der Waals surface area contributed by atoms with E-state index in [4.69, 9.17) is 33.5 Å². The maximum atomic E-state index is 15.0. The van der Waals surface area contributed by atoms with E-state index in [2.05, 4.69) is 106 Å². The van der Waals surface area contributed by atoms with Gasteiger partial charge in [0.15, 0.2) is 12.3 Å². The molecule has 4 aliphatic heterocycles. The summed E-state index contributed by atoms with van der Waals surface area (Å²) in [6.07, 6.45) is 15.0.